The lowest BCUT2D eigenvalue weighted by atomic mass is 9.97. The minimum Gasteiger partial charge on any atom is -0.337 e. The van der Waals surface area contributed by atoms with Crippen LogP contribution in [0, 0.1) is 18.6 Å². The summed E-state index contributed by atoms with van der Waals surface area (Å²) in [6.45, 7) is 3.69. The Labute approximate surface area is 147 Å². The SMILES string of the molecule is Bc1cnc(Nc2c(C(=O)NOCC)cc(Br)c(F)c2F)c(C)c1. The van der Waals surface area contributed by atoms with Crippen LogP contribution in [0.4, 0.5) is 20.3 Å². The fourth-order valence-corrected chi connectivity index (χ4v) is 2.46. The van der Waals surface area contributed by atoms with Gasteiger partial charge < -0.3 is 5.32 Å². The van der Waals surface area contributed by atoms with Crippen LogP contribution < -0.4 is 16.3 Å². The van der Waals surface area contributed by atoms with E-state index < -0.39 is 17.5 Å². The average Bonchev–Trinajstić information content (AvgIpc) is 2.54. The molecule has 0 radical (unpaired) electrons. The van der Waals surface area contributed by atoms with E-state index in [2.05, 4.69) is 31.7 Å². The Balaban J connectivity index is 2.50. The molecule has 0 aliphatic carbocycles. The lowest BCUT2D eigenvalue weighted by molar-refractivity contribution is 0.0365. The van der Waals surface area contributed by atoms with E-state index >= 15 is 0 Å². The number of carbonyl (C=O) groups is 1. The van der Waals surface area contributed by atoms with Crippen molar-refractivity contribution < 1.29 is 18.4 Å². The summed E-state index contributed by atoms with van der Waals surface area (Å²) in [5.74, 6) is -2.67. The molecule has 5 nitrogen and oxygen atoms in total. The predicted octanol–water partition coefficient (Wildman–Crippen LogP) is 2.11. The molecule has 0 aliphatic heterocycles. The van der Waals surface area contributed by atoms with Gasteiger partial charge in [0.15, 0.2) is 11.6 Å². The molecule has 1 aromatic heterocycles. The van der Waals surface area contributed by atoms with Crippen molar-refractivity contribution in [1.82, 2.24) is 10.5 Å². The molecule has 9 heteroatoms. The first kappa shape index (κ1) is 18.3. The predicted molar refractivity (Wildman–Crippen MR) is 93.6 cm³/mol. The van der Waals surface area contributed by atoms with Crippen molar-refractivity contribution >= 4 is 46.7 Å². The number of hydrogen-bond acceptors (Lipinski definition) is 4. The number of nitrogens with zero attached hydrogens (tertiary/aromatic N) is 1. The van der Waals surface area contributed by atoms with Gasteiger partial charge in [-0.2, -0.15) is 0 Å². The number of hydroxylamine groups is 1. The molecule has 126 valence electrons. The van der Waals surface area contributed by atoms with Crippen molar-refractivity contribution in [2.24, 2.45) is 0 Å². The van der Waals surface area contributed by atoms with E-state index in [1.54, 1.807) is 20.0 Å². The van der Waals surface area contributed by atoms with E-state index in [1.807, 2.05) is 13.9 Å². The summed E-state index contributed by atoms with van der Waals surface area (Å²) in [6.07, 6.45) is 1.59. The third-order valence-corrected chi connectivity index (χ3v) is 3.75. The number of aromatic nitrogens is 1. The molecule has 24 heavy (non-hydrogen) atoms. The van der Waals surface area contributed by atoms with Gasteiger partial charge in [-0.05, 0) is 41.4 Å². The van der Waals surface area contributed by atoms with Gasteiger partial charge in [-0.25, -0.2) is 19.2 Å². The van der Waals surface area contributed by atoms with Crippen molar-refractivity contribution in [2.45, 2.75) is 13.8 Å². The molecule has 1 aromatic carbocycles. The van der Waals surface area contributed by atoms with Gasteiger partial charge in [0.2, 0.25) is 0 Å². The molecule has 1 heterocycles. The van der Waals surface area contributed by atoms with Crippen molar-refractivity contribution in [3.8, 4) is 0 Å². The van der Waals surface area contributed by atoms with Crippen molar-refractivity contribution in [3.63, 3.8) is 0 Å². The van der Waals surface area contributed by atoms with Gasteiger partial charge in [-0.1, -0.05) is 11.5 Å². The number of aryl methyl sites for hydroxylation is 1. The second-order valence-electron chi connectivity index (χ2n) is 5.08. The minimum absolute atomic E-state index is 0.115. The number of pyridine rings is 1. The lowest BCUT2D eigenvalue weighted by Gasteiger charge is -2.15. The zero-order chi connectivity index (χ0) is 17.9. The van der Waals surface area contributed by atoms with Crippen molar-refractivity contribution in [3.05, 3.63) is 45.6 Å². The summed E-state index contributed by atoms with van der Waals surface area (Å²) in [5, 5.41) is 2.70. The number of carbonyl (C=O) groups excluding carboxylic acids is 1. The number of anilines is 2. The topological polar surface area (TPSA) is 63.2 Å². The van der Waals surface area contributed by atoms with Gasteiger partial charge in [0.25, 0.3) is 5.91 Å². The fraction of sp³-hybridized carbons (Fsp3) is 0.200. The summed E-state index contributed by atoms with van der Waals surface area (Å²) in [5.41, 5.74) is 3.39. The van der Waals surface area contributed by atoms with Crippen LogP contribution in [0.25, 0.3) is 0 Å². The number of amides is 1. The van der Waals surface area contributed by atoms with Crippen LogP contribution in [-0.4, -0.2) is 25.3 Å². The fourth-order valence-electron chi connectivity index (χ4n) is 2.05. The third kappa shape index (κ3) is 3.91. The molecule has 0 saturated carbocycles. The van der Waals surface area contributed by atoms with Gasteiger partial charge in [0.1, 0.15) is 13.7 Å². The maximum Gasteiger partial charge on any atom is 0.277 e. The van der Waals surface area contributed by atoms with Gasteiger partial charge in [0.05, 0.1) is 22.3 Å². The summed E-state index contributed by atoms with van der Waals surface area (Å²) >= 11 is 2.90. The molecule has 0 fully saturated rings. The first-order chi connectivity index (χ1) is 11.3. The Morgan fingerprint density at radius 1 is 1.38 bits per heavy atom. The van der Waals surface area contributed by atoms with Gasteiger partial charge in [-0.15, -0.1) is 0 Å². The zero-order valence-corrected chi connectivity index (χ0v) is 14.9. The monoisotopic (exact) mass is 397 g/mol. The van der Waals surface area contributed by atoms with Crippen LogP contribution in [0.3, 0.4) is 0 Å². The number of nitrogens with one attached hydrogen (secondary N) is 2. The average molecular weight is 398 g/mol. The second-order valence-corrected chi connectivity index (χ2v) is 5.93. The number of hydrogen-bond donors (Lipinski definition) is 2. The Morgan fingerprint density at radius 3 is 2.71 bits per heavy atom. The highest BCUT2D eigenvalue weighted by Crippen LogP contribution is 2.31. The van der Waals surface area contributed by atoms with Crippen LogP contribution in [-0.2, 0) is 4.84 Å². The smallest absolute Gasteiger partial charge is 0.277 e. The Morgan fingerprint density at radius 2 is 2.08 bits per heavy atom. The van der Waals surface area contributed by atoms with Crippen LogP contribution >= 0.6 is 15.9 Å². The van der Waals surface area contributed by atoms with Gasteiger partial charge >= 0.3 is 0 Å². The molecule has 0 unspecified atom stereocenters. The van der Waals surface area contributed by atoms with E-state index in [0.717, 1.165) is 11.0 Å². The van der Waals surface area contributed by atoms with E-state index in [-0.39, 0.29) is 22.3 Å². The standard InChI is InChI=1S/C15H15BBrF2N3O2/c1-3-24-22-15(23)9-5-10(17)11(18)12(19)13(9)21-14-7(2)4-8(16)6-20-14/h4-6H,3,16H2,1-2H3,(H,20,21)(H,22,23). The molecule has 0 aliphatic rings. The Bertz CT molecular complexity index is 790. The molecule has 2 rings (SSSR count). The number of halogens is 3. The van der Waals surface area contributed by atoms with E-state index in [1.165, 1.54) is 6.07 Å². The summed E-state index contributed by atoms with van der Waals surface area (Å²) in [7, 11) is 1.87. The third-order valence-electron chi connectivity index (χ3n) is 3.17. The van der Waals surface area contributed by atoms with E-state index in [4.69, 9.17) is 4.84 Å². The maximum atomic E-state index is 14.4. The molecular formula is C15H15BBrF2N3O2. The van der Waals surface area contributed by atoms with E-state index in [9.17, 15) is 13.6 Å². The molecule has 0 spiro atoms. The molecule has 2 N–H and O–H groups in total. The maximum absolute atomic E-state index is 14.4. The Hall–Kier alpha value is -2.00. The van der Waals surface area contributed by atoms with Crippen LogP contribution in [0.15, 0.2) is 22.8 Å². The van der Waals surface area contributed by atoms with Gasteiger partial charge in [0, 0.05) is 6.20 Å². The lowest BCUT2D eigenvalue weighted by Crippen LogP contribution is -2.25. The summed E-state index contributed by atoms with van der Waals surface area (Å²) in [4.78, 5) is 21.1. The zero-order valence-electron chi connectivity index (χ0n) is 13.3. The molecule has 0 bridgehead atoms. The van der Waals surface area contributed by atoms with E-state index in [0.29, 0.717) is 5.82 Å². The summed E-state index contributed by atoms with van der Waals surface area (Å²) in [6, 6.07) is 3.01. The first-order valence-electron chi connectivity index (χ1n) is 7.15. The largest absolute Gasteiger partial charge is 0.337 e. The van der Waals surface area contributed by atoms with Crippen LogP contribution in [0.1, 0.15) is 22.8 Å². The Kier molecular flexibility index (Phi) is 5.90. The van der Waals surface area contributed by atoms with Gasteiger partial charge in [-0.3, -0.25) is 9.63 Å². The quantitative estimate of drug-likeness (QED) is 0.461. The number of rotatable bonds is 5. The van der Waals surface area contributed by atoms with Crippen molar-refractivity contribution in [1.29, 1.82) is 0 Å². The second kappa shape index (κ2) is 7.72. The van der Waals surface area contributed by atoms with Crippen LogP contribution in [0.2, 0.25) is 0 Å². The highest BCUT2D eigenvalue weighted by molar-refractivity contribution is 9.10. The number of benzene rings is 1. The molecule has 2 aromatic rings. The van der Waals surface area contributed by atoms with Crippen LogP contribution in [0.5, 0.6) is 0 Å². The van der Waals surface area contributed by atoms with Crippen molar-refractivity contribution in [2.75, 3.05) is 11.9 Å². The summed E-state index contributed by atoms with van der Waals surface area (Å²) < 4.78 is 28.1. The molecule has 0 atom stereocenters. The highest BCUT2D eigenvalue weighted by Gasteiger charge is 2.22. The minimum atomic E-state index is -1.19. The first-order valence-corrected chi connectivity index (χ1v) is 7.94. The highest BCUT2D eigenvalue weighted by atomic mass is 79.9. The molecular weight excluding hydrogens is 383 g/mol. The molecule has 0 saturated heterocycles. The molecule has 1 amide bonds. The normalized spacial score (nSPS) is 10.5.